The standard InChI is InChI=1S/C15H12N2/c16-15-8-9-17-10-14(15)13-7-3-5-11-4-1-2-6-12(11)13/h1-10H,(H2,16,17). The Morgan fingerprint density at radius 3 is 2.53 bits per heavy atom. The molecule has 0 spiro atoms. The highest BCUT2D eigenvalue weighted by atomic mass is 14.7. The molecule has 3 aromatic rings. The molecule has 2 N–H and O–H groups in total. The third kappa shape index (κ3) is 1.64. The molecule has 0 saturated heterocycles. The summed E-state index contributed by atoms with van der Waals surface area (Å²) < 4.78 is 0. The Morgan fingerprint density at radius 2 is 1.65 bits per heavy atom. The van der Waals surface area contributed by atoms with Gasteiger partial charge in [0.05, 0.1) is 0 Å². The van der Waals surface area contributed by atoms with Gasteiger partial charge in [-0.25, -0.2) is 0 Å². The summed E-state index contributed by atoms with van der Waals surface area (Å²) in [7, 11) is 0. The van der Waals surface area contributed by atoms with E-state index in [4.69, 9.17) is 5.73 Å². The van der Waals surface area contributed by atoms with Crippen LogP contribution < -0.4 is 5.73 Å². The number of benzene rings is 2. The van der Waals surface area contributed by atoms with E-state index >= 15 is 0 Å². The Morgan fingerprint density at radius 1 is 0.824 bits per heavy atom. The predicted octanol–water partition coefficient (Wildman–Crippen LogP) is 3.48. The Balaban J connectivity index is 2.35. The number of hydrogen-bond donors (Lipinski definition) is 1. The number of anilines is 1. The summed E-state index contributed by atoms with van der Waals surface area (Å²) in [5.74, 6) is 0. The first-order valence-corrected chi connectivity index (χ1v) is 5.54. The first kappa shape index (κ1) is 9.85. The van der Waals surface area contributed by atoms with E-state index in [9.17, 15) is 0 Å². The quantitative estimate of drug-likeness (QED) is 0.681. The molecule has 2 heteroatoms. The molecule has 0 atom stereocenters. The molecule has 0 aliphatic heterocycles. The minimum Gasteiger partial charge on any atom is -0.398 e. The molecule has 2 nitrogen and oxygen atoms in total. The number of nitrogens with zero attached hydrogens (tertiary/aromatic N) is 1. The number of hydrogen-bond acceptors (Lipinski definition) is 2. The lowest BCUT2D eigenvalue weighted by atomic mass is 9.99. The molecular formula is C15H12N2. The minimum atomic E-state index is 0.761. The first-order chi connectivity index (χ1) is 8.36. The second kappa shape index (κ2) is 3.91. The van der Waals surface area contributed by atoms with Crippen molar-refractivity contribution in [3.8, 4) is 11.1 Å². The molecular weight excluding hydrogens is 208 g/mol. The van der Waals surface area contributed by atoms with Crippen LogP contribution in [0, 0.1) is 0 Å². The summed E-state index contributed by atoms with van der Waals surface area (Å²) in [5, 5.41) is 2.42. The lowest BCUT2D eigenvalue weighted by Crippen LogP contribution is -1.91. The van der Waals surface area contributed by atoms with Crippen LogP contribution in [0.2, 0.25) is 0 Å². The van der Waals surface area contributed by atoms with Crippen LogP contribution in [-0.2, 0) is 0 Å². The fourth-order valence-electron chi connectivity index (χ4n) is 2.09. The molecule has 0 amide bonds. The summed E-state index contributed by atoms with van der Waals surface area (Å²) in [4.78, 5) is 4.15. The lowest BCUT2D eigenvalue weighted by molar-refractivity contribution is 1.33. The topological polar surface area (TPSA) is 38.9 Å². The van der Waals surface area contributed by atoms with Crippen LogP contribution in [0.1, 0.15) is 0 Å². The average molecular weight is 220 g/mol. The zero-order valence-electron chi connectivity index (χ0n) is 9.30. The van der Waals surface area contributed by atoms with E-state index in [0.717, 1.165) is 16.8 Å². The smallest absolute Gasteiger partial charge is 0.0425 e. The maximum absolute atomic E-state index is 6.00. The molecule has 0 aliphatic carbocycles. The van der Waals surface area contributed by atoms with Crippen molar-refractivity contribution in [1.82, 2.24) is 4.98 Å². The van der Waals surface area contributed by atoms with Gasteiger partial charge in [0.15, 0.2) is 0 Å². The van der Waals surface area contributed by atoms with Crippen molar-refractivity contribution >= 4 is 16.5 Å². The summed E-state index contributed by atoms with van der Waals surface area (Å²) in [6.07, 6.45) is 3.53. The van der Waals surface area contributed by atoms with Crippen LogP contribution >= 0.6 is 0 Å². The van der Waals surface area contributed by atoms with E-state index in [1.54, 1.807) is 6.20 Å². The van der Waals surface area contributed by atoms with E-state index in [-0.39, 0.29) is 0 Å². The van der Waals surface area contributed by atoms with Gasteiger partial charge in [-0.3, -0.25) is 4.98 Å². The SMILES string of the molecule is Nc1ccncc1-c1cccc2ccccc12. The first-order valence-electron chi connectivity index (χ1n) is 5.54. The second-order valence-corrected chi connectivity index (χ2v) is 3.99. The maximum Gasteiger partial charge on any atom is 0.0425 e. The van der Waals surface area contributed by atoms with E-state index < -0.39 is 0 Å². The Bertz CT molecular complexity index is 669. The van der Waals surface area contributed by atoms with E-state index in [1.165, 1.54) is 10.8 Å². The Hall–Kier alpha value is -2.35. The van der Waals surface area contributed by atoms with Crippen molar-refractivity contribution in [2.24, 2.45) is 0 Å². The normalized spacial score (nSPS) is 10.6. The number of nitrogen functional groups attached to an aromatic ring is 1. The highest BCUT2D eigenvalue weighted by Crippen LogP contribution is 2.31. The molecule has 0 saturated carbocycles. The molecule has 0 bridgehead atoms. The largest absolute Gasteiger partial charge is 0.398 e. The summed E-state index contributed by atoms with van der Waals surface area (Å²) in [6, 6.07) is 16.3. The summed E-state index contributed by atoms with van der Waals surface area (Å²) >= 11 is 0. The molecule has 0 aliphatic rings. The number of rotatable bonds is 1. The van der Waals surface area contributed by atoms with Crippen LogP contribution in [-0.4, -0.2) is 4.98 Å². The fourth-order valence-corrected chi connectivity index (χ4v) is 2.09. The molecule has 1 heterocycles. The van der Waals surface area contributed by atoms with Crippen LogP contribution in [0.15, 0.2) is 60.9 Å². The van der Waals surface area contributed by atoms with Gasteiger partial charge in [-0.1, -0.05) is 42.5 Å². The van der Waals surface area contributed by atoms with Gasteiger partial charge in [-0.2, -0.15) is 0 Å². The van der Waals surface area contributed by atoms with Crippen LogP contribution in [0.5, 0.6) is 0 Å². The highest BCUT2D eigenvalue weighted by molar-refractivity contribution is 5.98. The monoisotopic (exact) mass is 220 g/mol. The van der Waals surface area contributed by atoms with Crippen molar-refractivity contribution in [2.45, 2.75) is 0 Å². The van der Waals surface area contributed by atoms with E-state index in [2.05, 4.69) is 29.2 Å². The van der Waals surface area contributed by atoms with Gasteiger partial charge >= 0.3 is 0 Å². The van der Waals surface area contributed by atoms with Gasteiger partial charge in [0.2, 0.25) is 0 Å². The number of aromatic nitrogens is 1. The van der Waals surface area contributed by atoms with Gasteiger partial charge in [-0.15, -0.1) is 0 Å². The van der Waals surface area contributed by atoms with Crippen molar-refractivity contribution in [3.63, 3.8) is 0 Å². The molecule has 17 heavy (non-hydrogen) atoms. The molecule has 3 rings (SSSR count). The van der Waals surface area contributed by atoms with Gasteiger partial charge in [0.1, 0.15) is 0 Å². The zero-order chi connectivity index (χ0) is 11.7. The van der Waals surface area contributed by atoms with Crippen molar-refractivity contribution in [3.05, 3.63) is 60.9 Å². The third-order valence-electron chi connectivity index (χ3n) is 2.93. The third-order valence-corrected chi connectivity index (χ3v) is 2.93. The molecule has 1 aromatic heterocycles. The molecule has 2 aromatic carbocycles. The summed E-state index contributed by atoms with van der Waals surface area (Å²) in [6.45, 7) is 0. The van der Waals surface area contributed by atoms with Crippen molar-refractivity contribution < 1.29 is 0 Å². The van der Waals surface area contributed by atoms with Gasteiger partial charge in [0.25, 0.3) is 0 Å². The summed E-state index contributed by atoms with van der Waals surface area (Å²) in [5.41, 5.74) is 8.89. The molecule has 82 valence electrons. The molecule has 0 radical (unpaired) electrons. The van der Waals surface area contributed by atoms with E-state index in [0.29, 0.717) is 0 Å². The average Bonchev–Trinajstić information content (AvgIpc) is 2.39. The van der Waals surface area contributed by atoms with Crippen LogP contribution in [0.25, 0.3) is 21.9 Å². The van der Waals surface area contributed by atoms with Gasteiger partial charge < -0.3 is 5.73 Å². The highest BCUT2D eigenvalue weighted by Gasteiger charge is 2.05. The lowest BCUT2D eigenvalue weighted by Gasteiger charge is -2.08. The number of pyridine rings is 1. The van der Waals surface area contributed by atoms with Gasteiger partial charge in [0, 0.05) is 23.6 Å². The zero-order valence-corrected chi connectivity index (χ0v) is 9.30. The molecule has 0 fully saturated rings. The second-order valence-electron chi connectivity index (χ2n) is 3.99. The maximum atomic E-state index is 6.00. The van der Waals surface area contributed by atoms with Crippen LogP contribution in [0.3, 0.4) is 0 Å². The van der Waals surface area contributed by atoms with Crippen molar-refractivity contribution in [2.75, 3.05) is 5.73 Å². The molecule has 0 unspecified atom stereocenters. The fraction of sp³-hybridized carbons (Fsp3) is 0. The Kier molecular flexibility index (Phi) is 2.26. The van der Waals surface area contributed by atoms with Crippen LogP contribution in [0.4, 0.5) is 5.69 Å². The van der Waals surface area contributed by atoms with Gasteiger partial charge in [-0.05, 0) is 22.4 Å². The predicted molar refractivity (Wildman–Crippen MR) is 71.6 cm³/mol. The van der Waals surface area contributed by atoms with E-state index in [1.807, 2.05) is 30.5 Å². The Labute approximate surface area is 99.7 Å². The minimum absolute atomic E-state index is 0.761. The van der Waals surface area contributed by atoms with Crippen molar-refractivity contribution in [1.29, 1.82) is 0 Å². The number of fused-ring (bicyclic) bond motifs is 1. The number of nitrogens with two attached hydrogens (primary N) is 1.